The van der Waals surface area contributed by atoms with Gasteiger partial charge in [-0.25, -0.2) is 4.98 Å². The van der Waals surface area contributed by atoms with Gasteiger partial charge in [0.15, 0.2) is 0 Å². The second-order valence-corrected chi connectivity index (χ2v) is 5.19. The van der Waals surface area contributed by atoms with Crippen molar-refractivity contribution in [3.05, 3.63) is 59.9 Å². The number of nitrogens with zero attached hydrogens (tertiary/aromatic N) is 2. The topological polar surface area (TPSA) is 63.8 Å². The molecule has 0 radical (unpaired) electrons. The minimum Gasteiger partial charge on any atom is -0.389 e. The maximum Gasteiger partial charge on any atom is 0.140 e. The molecule has 0 bridgehead atoms. The van der Waals surface area contributed by atoms with E-state index >= 15 is 0 Å². The van der Waals surface area contributed by atoms with Crippen LogP contribution in [-0.4, -0.2) is 15.0 Å². The monoisotopic (exact) mass is 294 g/mol. The van der Waals surface area contributed by atoms with Crippen LogP contribution in [0.15, 0.2) is 48.8 Å². The molecule has 1 aromatic carbocycles. The van der Waals surface area contributed by atoms with Gasteiger partial charge in [-0.05, 0) is 42.8 Å². The molecular formula is C16H14N4S. The molecule has 0 aliphatic heterocycles. The van der Waals surface area contributed by atoms with Gasteiger partial charge in [0, 0.05) is 23.5 Å². The number of benzene rings is 1. The highest BCUT2D eigenvalue weighted by Crippen LogP contribution is 2.23. The summed E-state index contributed by atoms with van der Waals surface area (Å²) in [7, 11) is 0. The van der Waals surface area contributed by atoms with E-state index in [0.717, 1.165) is 27.7 Å². The lowest BCUT2D eigenvalue weighted by Crippen LogP contribution is -2.14. The van der Waals surface area contributed by atoms with Crippen molar-refractivity contribution in [2.24, 2.45) is 5.73 Å². The Labute approximate surface area is 128 Å². The molecule has 0 saturated heterocycles. The van der Waals surface area contributed by atoms with Gasteiger partial charge in [0.2, 0.25) is 0 Å². The van der Waals surface area contributed by atoms with E-state index < -0.39 is 0 Å². The fourth-order valence-electron chi connectivity index (χ4n) is 2.25. The van der Waals surface area contributed by atoms with Crippen molar-refractivity contribution in [2.75, 3.05) is 5.32 Å². The molecule has 2 aromatic heterocycles. The molecular weight excluding hydrogens is 280 g/mol. The number of aryl methyl sites for hydroxylation is 1. The van der Waals surface area contributed by atoms with Gasteiger partial charge in [-0.2, -0.15) is 0 Å². The molecule has 2 heterocycles. The van der Waals surface area contributed by atoms with Crippen LogP contribution in [0.4, 0.5) is 11.5 Å². The third-order valence-electron chi connectivity index (χ3n) is 3.27. The summed E-state index contributed by atoms with van der Waals surface area (Å²) in [5.41, 5.74) is 9.46. The van der Waals surface area contributed by atoms with E-state index in [2.05, 4.69) is 15.3 Å². The first-order valence-electron chi connectivity index (χ1n) is 6.52. The van der Waals surface area contributed by atoms with Crippen molar-refractivity contribution >= 4 is 39.6 Å². The number of hydrogen-bond donors (Lipinski definition) is 2. The van der Waals surface area contributed by atoms with Crippen LogP contribution >= 0.6 is 12.2 Å². The van der Waals surface area contributed by atoms with Gasteiger partial charge in [-0.1, -0.05) is 18.3 Å². The highest BCUT2D eigenvalue weighted by atomic mass is 32.1. The third kappa shape index (κ3) is 2.68. The van der Waals surface area contributed by atoms with Crippen LogP contribution in [0.2, 0.25) is 0 Å². The van der Waals surface area contributed by atoms with Gasteiger partial charge in [0.1, 0.15) is 10.8 Å². The molecule has 0 saturated carbocycles. The first-order chi connectivity index (χ1) is 10.1. The van der Waals surface area contributed by atoms with E-state index in [1.54, 1.807) is 12.4 Å². The van der Waals surface area contributed by atoms with Gasteiger partial charge in [-0.3, -0.25) is 4.98 Å². The second kappa shape index (κ2) is 5.46. The van der Waals surface area contributed by atoms with Crippen molar-refractivity contribution in [2.45, 2.75) is 6.92 Å². The average molecular weight is 294 g/mol. The third-order valence-corrected chi connectivity index (χ3v) is 3.48. The molecule has 0 fully saturated rings. The van der Waals surface area contributed by atoms with Crippen LogP contribution in [0, 0.1) is 6.92 Å². The van der Waals surface area contributed by atoms with Gasteiger partial charge in [0.25, 0.3) is 0 Å². The Morgan fingerprint density at radius 3 is 2.81 bits per heavy atom. The first kappa shape index (κ1) is 13.5. The quantitative estimate of drug-likeness (QED) is 0.726. The molecule has 0 aliphatic rings. The number of rotatable bonds is 3. The molecule has 5 heteroatoms. The van der Waals surface area contributed by atoms with E-state index in [-0.39, 0.29) is 0 Å². The molecule has 0 spiro atoms. The zero-order chi connectivity index (χ0) is 14.8. The Hall–Kier alpha value is -2.53. The second-order valence-electron chi connectivity index (χ2n) is 4.75. The fourth-order valence-corrected chi connectivity index (χ4v) is 2.51. The highest BCUT2D eigenvalue weighted by Gasteiger charge is 2.10. The fraction of sp³-hybridized carbons (Fsp3) is 0.0625. The summed E-state index contributed by atoms with van der Waals surface area (Å²) in [4.78, 5) is 8.99. The Morgan fingerprint density at radius 1 is 1.14 bits per heavy atom. The highest BCUT2D eigenvalue weighted by molar-refractivity contribution is 7.80. The summed E-state index contributed by atoms with van der Waals surface area (Å²) in [6.45, 7) is 1.96. The van der Waals surface area contributed by atoms with Crippen molar-refractivity contribution in [1.82, 2.24) is 9.97 Å². The molecule has 104 valence electrons. The SMILES string of the molecule is Cc1ccnc(Nc2ccc3ncccc3c2)c1C(N)=S. The summed E-state index contributed by atoms with van der Waals surface area (Å²) in [5.74, 6) is 0.672. The molecule has 0 amide bonds. The van der Waals surface area contributed by atoms with Gasteiger partial charge < -0.3 is 11.1 Å². The predicted octanol–water partition coefficient (Wildman–Crippen LogP) is 3.32. The lowest BCUT2D eigenvalue weighted by molar-refractivity contribution is 1.26. The summed E-state index contributed by atoms with van der Waals surface area (Å²) in [5, 5.41) is 4.34. The van der Waals surface area contributed by atoms with E-state index in [1.807, 2.05) is 43.3 Å². The number of hydrogen-bond acceptors (Lipinski definition) is 4. The van der Waals surface area contributed by atoms with Crippen molar-refractivity contribution in [3.8, 4) is 0 Å². The average Bonchev–Trinajstić information content (AvgIpc) is 2.47. The number of pyridine rings is 2. The number of anilines is 2. The number of fused-ring (bicyclic) bond motifs is 1. The zero-order valence-electron chi connectivity index (χ0n) is 11.5. The molecule has 3 N–H and O–H groups in total. The number of nitrogens with one attached hydrogen (secondary N) is 1. The van der Waals surface area contributed by atoms with E-state index in [9.17, 15) is 0 Å². The Kier molecular flexibility index (Phi) is 3.50. The zero-order valence-corrected chi connectivity index (χ0v) is 12.3. The van der Waals surface area contributed by atoms with Crippen molar-refractivity contribution in [3.63, 3.8) is 0 Å². The van der Waals surface area contributed by atoms with E-state index in [1.165, 1.54) is 0 Å². The first-order valence-corrected chi connectivity index (χ1v) is 6.93. The number of nitrogens with two attached hydrogens (primary N) is 1. The van der Waals surface area contributed by atoms with Crippen molar-refractivity contribution in [1.29, 1.82) is 0 Å². The summed E-state index contributed by atoms with van der Waals surface area (Å²) < 4.78 is 0. The molecule has 3 aromatic rings. The lowest BCUT2D eigenvalue weighted by Gasteiger charge is -2.12. The number of aromatic nitrogens is 2. The molecule has 21 heavy (non-hydrogen) atoms. The standard InChI is InChI=1S/C16H14N4S/c1-10-6-8-19-16(14(10)15(17)21)20-12-4-5-13-11(9-12)3-2-7-18-13/h2-9H,1H3,(H2,17,21)(H,19,20). The van der Waals surface area contributed by atoms with Crippen LogP contribution in [0.5, 0.6) is 0 Å². The van der Waals surface area contributed by atoms with Crippen LogP contribution in [-0.2, 0) is 0 Å². The minimum atomic E-state index is 0.338. The normalized spacial score (nSPS) is 10.5. The summed E-state index contributed by atoms with van der Waals surface area (Å²) >= 11 is 5.12. The minimum absolute atomic E-state index is 0.338. The predicted molar refractivity (Wildman–Crippen MR) is 89.9 cm³/mol. The Balaban J connectivity index is 2.02. The molecule has 4 nitrogen and oxygen atoms in total. The summed E-state index contributed by atoms with van der Waals surface area (Å²) in [6, 6.07) is 11.8. The Bertz CT molecular complexity index is 829. The van der Waals surface area contributed by atoms with Gasteiger partial charge >= 0.3 is 0 Å². The van der Waals surface area contributed by atoms with E-state index in [0.29, 0.717) is 10.8 Å². The molecule has 0 aliphatic carbocycles. The Morgan fingerprint density at radius 2 is 2.00 bits per heavy atom. The smallest absolute Gasteiger partial charge is 0.140 e. The van der Waals surface area contributed by atoms with Crippen LogP contribution in [0.1, 0.15) is 11.1 Å². The van der Waals surface area contributed by atoms with Crippen LogP contribution < -0.4 is 11.1 Å². The molecule has 0 unspecified atom stereocenters. The lowest BCUT2D eigenvalue weighted by atomic mass is 10.1. The largest absolute Gasteiger partial charge is 0.389 e. The number of thiocarbonyl (C=S) groups is 1. The van der Waals surface area contributed by atoms with Gasteiger partial charge in [-0.15, -0.1) is 0 Å². The maximum absolute atomic E-state index is 5.80. The maximum atomic E-state index is 5.80. The van der Waals surface area contributed by atoms with Gasteiger partial charge in [0.05, 0.1) is 11.1 Å². The molecule has 0 atom stereocenters. The van der Waals surface area contributed by atoms with E-state index in [4.69, 9.17) is 18.0 Å². The van der Waals surface area contributed by atoms with Crippen LogP contribution in [0.25, 0.3) is 10.9 Å². The van der Waals surface area contributed by atoms with Crippen molar-refractivity contribution < 1.29 is 0 Å². The molecule has 3 rings (SSSR count). The summed E-state index contributed by atoms with van der Waals surface area (Å²) in [6.07, 6.45) is 3.52. The van der Waals surface area contributed by atoms with Crippen LogP contribution in [0.3, 0.4) is 0 Å².